The van der Waals surface area contributed by atoms with Gasteiger partial charge in [-0.15, -0.1) is 0 Å². The molecular formula is C12H19N. The highest BCUT2D eigenvalue weighted by molar-refractivity contribution is 5.36. The molecule has 0 saturated carbocycles. The third-order valence-corrected chi connectivity index (χ3v) is 2.57. The SMILES string of the molecule is CCNCc1cc(C)c(C)c(C)c1. The van der Waals surface area contributed by atoms with Gasteiger partial charge in [-0.2, -0.15) is 0 Å². The largest absolute Gasteiger partial charge is 0.313 e. The molecule has 13 heavy (non-hydrogen) atoms. The molecule has 0 fully saturated rings. The molecule has 1 heteroatoms. The van der Waals surface area contributed by atoms with E-state index in [1.165, 1.54) is 22.3 Å². The third-order valence-electron chi connectivity index (χ3n) is 2.57. The van der Waals surface area contributed by atoms with Crippen molar-refractivity contribution in [1.82, 2.24) is 5.32 Å². The van der Waals surface area contributed by atoms with Crippen LogP contribution in [0.25, 0.3) is 0 Å². The topological polar surface area (TPSA) is 12.0 Å². The van der Waals surface area contributed by atoms with Crippen molar-refractivity contribution in [2.24, 2.45) is 0 Å². The van der Waals surface area contributed by atoms with Crippen LogP contribution in [-0.2, 0) is 6.54 Å². The number of rotatable bonds is 3. The van der Waals surface area contributed by atoms with Crippen LogP contribution in [0, 0.1) is 20.8 Å². The predicted molar refractivity (Wildman–Crippen MR) is 58.0 cm³/mol. The van der Waals surface area contributed by atoms with Gasteiger partial charge < -0.3 is 5.32 Å². The second-order valence-electron chi connectivity index (χ2n) is 3.63. The standard InChI is InChI=1S/C12H19N/c1-5-13-8-12-6-9(2)11(4)10(3)7-12/h6-7,13H,5,8H2,1-4H3. The van der Waals surface area contributed by atoms with E-state index in [-0.39, 0.29) is 0 Å². The predicted octanol–water partition coefficient (Wildman–Crippen LogP) is 2.72. The molecule has 0 bridgehead atoms. The highest BCUT2D eigenvalue weighted by Gasteiger charge is 1.99. The zero-order valence-corrected chi connectivity index (χ0v) is 9.07. The van der Waals surface area contributed by atoms with E-state index in [0.717, 1.165) is 13.1 Å². The summed E-state index contributed by atoms with van der Waals surface area (Å²) in [4.78, 5) is 0. The number of hydrogen-bond donors (Lipinski definition) is 1. The Kier molecular flexibility index (Phi) is 3.49. The lowest BCUT2D eigenvalue weighted by molar-refractivity contribution is 0.725. The summed E-state index contributed by atoms with van der Waals surface area (Å²) < 4.78 is 0. The fourth-order valence-electron chi connectivity index (χ4n) is 1.50. The molecule has 0 saturated heterocycles. The van der Waals surface area contributed by atoms with E-state index >= 15 is 0 Å². The summed E-state index contributed by atoms with van der Waals surface area (Å²) in [6, 6.07) is 4.54. The van der Waals surface area contributed by atoms with E-state index < -0.39 is 0 Å². The minimum absolute atomic E-state index is 0.985. The van der Waals surface area contributed by atoms with Gasteiger partial charge in [0.25, 0.3) is 0 Å². The molecule has 0 aromatic heterocycles. The number of benzene rings is 1. The van der Waals surface area contributed by atoms with Crippen molar-refractivity contribution >= 4 is 0 Å². The summed E-state index contributed by atoms with van der Waals surface area (Å²) in [7, 11) is 0. The second-order valence-corrected chi connectivity index (χ2v) is 3.63. The monoisotopic (exact) mass is 177 g/mol. The lowest BCUT2D eigenvalue weighted by atomic mass is 10.0. The van der Waals surface area contributed by atoms with E-state index in [4.69, 9.17) is 0 Å². The van der Waals surface area contributed by atoms with Crippen molar-refractivity contribution < 1.29 is 0 Å². The molecule has 0 heterocycles. The highest BCUT2D eigenvalue weighted by Crippen LogP contribution is 2.14. The molecule has 1 N–H and O–H groups in total. The zero-order valence-electron chi connectivity index (χ0n) is 9.07. The Morgan fingerprint density at radius 3 is 2.08 bits per heavy atom. The maximum Gasteiger partial charge on any atom is 0.0205 e. The van der Waals surface area contributed by atoms with Gasteiger partial charge in [-0.25, -0.2) is 0 Å². The van der Waals surface area contributed by atoms with Crippen LogP contribution in [0.3, 0.4) is 0 Å². The Bertz CT molecular complexity index is 266. The molecule has 1 aromatic carbocycles. The smallest absolute Gasteiger partial charge is 0.0205 e. The molecule has 1 aromatic rings. The molecule has 1 nitrogen and oxygen atoms in total. The van der Waals surface area contributed by atoms with Gasteiger partial charge in [0.1, 0.15) is 0 Å². The molecule has 0 amide bonds. The Morgan fingerprint density at radius 1 is 1.08 bits per heavy atom. The van der Waals surface area contributed by atoms with Crippen LogP contribution >= 0.6 is 0 Å². The normalized spacial score (nSPS) is 10.5. The first-order valence-electron chi connectivity index (χ1n) is 4.92. The van der Waals surface area contributed by atoms with Gasteiger partial charge in [0.05, 0.1) is 0 Å². The average molecular weight is 177 g/mol. The van der Waals surface area contributed by atoms with Gasteiger partial charge in [-0.1, -0.05) is 19.1 Å². The molecule has 72 valence electrons. The summed E-state index contributed by atoms with van der Waals surface area (Å²) >= 11 is 0. The fourth-order valence-corrected chi connectivity index (χ4v) is 1.50. The van der Waals surface area contributed by atoms with Gasteiger partial charge in [0.15, 0.2) is 0 Å². The second kappa shape index (κ2) is 4.43. The maximum absolute atomic E-state index is 3.34. The molecule has 0 spiro atoms. The summed E-state index contributed by atoms with van der Waals surface area (Å²) in [5, 5.41) is 3.34. The molecule has 0 unspecified atom stereocenters. The van der Waals surface area contributed by atoms with Gasteiger partial charge in [0, 0.05) is 6.54 Å². The maximum atomic E-state index is 3.34. The lowest BCUT2D eigenvalue weighted by Gasteiger charge is -2.09. The zero-order chi connectivity index (χ0) is 9.84. The van der Waals surface area contributed by atoms with E-state index in [1.807, 2.05) is 0 Å². The molecular weight excluding hydrogens is 158 g/mol. The first kappa shape index (κ1) is 10.3. The molecule has 0 aliphatic heterocycles. The van der Waals surface area contributed by atoms with Gasteiger partial charge in [-0.05, 0) is 49.6 Å². The van der Waals surface area contributed by atoms with Crippen molar-refractivity contribution in [3.63, 3.8) is 0 Å². The van der Waals surface area contributed by atoms with Crippen molar-refractivity contribution in [1.29, 1.82) is 0 Å². The number of nitrogens with one attached hydrogen (secondary N) is 1. The molecule has 0 aliphatic carbocycles. The van der Waals surface area contributed by atoms with E-state index in [9.17, 15) is 0 Å². The fraction of sp³-hybridized carbons (Fsp3) is 0.500. The Balaban J connectivity index is 2.86. The summed E-state index contributed by atoms with van der Waals surface area (Å²) in [6.07, 6.45) is 0. The lowest BCUT2D eigenvalue weighted by Crippen LogP contribution is -2.12. The highest BCUT2D eigenvalue weighted by atomic mass is 14.8. The van der Waals surface area contributed by atoms with Crippen molar-refractivity contribution in [3.8, 4) is 0 Å². The number of aryl methyl sites for hydroxylation is 2. The third kappa shape index (κ3) is 2.56. The Hall–Kier alpha value is -0.820. The van der Waals surface area contributed by atoms with Crippen molar-refractivity contribution in [3.05, 3.63) is 34.4 Å². The van der Waals surface area contributed by atoms with Crippen molar-refractivity contribution in [2.75, 3.05) is 6.54 Å². The van der Waals surface area contributed by atoms with Crippen LogP contribution in [0.2, 0.25) is 0 Å². The van der Waals surface area contributed by atoms with E-state index in [2.05, 4.69) is 45.1 Å². The molecule has 1 rings (SSSR count). The summed E-state index contributed by atoms with van der Waals surface area (Å²) in [5.41, 5.74) is 5.60. The molecule has 0 radical (unpaired) electrons. The van der Waals surface area contributed by atoms with Crippen LogP contribution in [0.5, 0.6) is 0 Å². The Labute approximate surface area is 81.2 Å². The van der Waals surface area contributed by atoms with Crippen LogP contribution in [-0.4, -0.2) is 6.54 Å². The van der Waals surface area contributed by atoms with Crippen molar-refractivity contribution in [2.45, 2.75) is 34.2 Å². The van der Waals surface area contributed by atoms with Crippen LogP contribution in [0.15, 0.2) is 12.1 Å². The van der Waals surface area contributed by atoms with Crippen LogP contribution in [0.4, 0.5) is 0 Å². The first-order valence-corrected chi connectivity index (χ1v) is 4.92. The summed E-state index contributed by atoms with van der Waals surface area (Å²) in [6.45, 7) is 10.7. The van der Waals surface area contributed by atoms with Crippen LogP contribution < -0.4 is 5.32 Å². The quantitative estimate of drug-likeness (QED) is 0.748. The van der Waals surface area contributed by atoms with E-state index in [1.54, 1.807) is 0 Å². The van der Waals surface area contributed by atoms with Crippen LogP contribution in [0.1, 0.15) is 29.2 Å². The average Bonchev–Trinajstić information content (AvgIpc) is 2.10. The molecule has 0 atom stereocenters. The minimum Gasteiger partial charge on any atom is -0.313 e. The molecule has 0 aliphatic rings. The van der Waals surface area contributed by atoms with Gasteiger partial charge in [-0.3, -0.25) is 0 Å². The van der Waals surface area contributed by atoms with Gasteiger partial charge >= 0.3 is 0 Å². The summed E-state index contributed by atoms with van der Waals surface area (Å²) in [5.74, 6) is 0. The van der Waals surface area contributed by atoms with Gasteiger partial charge in [0.2, 0.25) is 0 Å². The minimum atomic E-state index is 0.985. The van der Waals surface area contributed by atoms with E-state index in [0.29, 0.717) is 0 Å². The first-order chi connectivity index (χ1) is 6.15. The Morgan fingerprint density at radius 2 is 1.62 bits per heavy atom. The number of hydrogen-bond acceptors (Lipinski definition) is 1.